The van der Waals surface area contributed by atoms with Gasteiger partial charge in [0.25, 0.3) is 5.91 Å². The summed E-state index contributed by atoms with van der Waals surface area (Å²) >= 11 is 14.0. The van der Waals surface area contributed by atoms with Gasteiger partial charge in [-0.25, -0.2) is 5.43 Å². The van der Waals surface area contributed by atoms with Gasteiger partial charge in [0.15, 0.2) is 18.1 Å². The van der Waals surface area contributed by atoms with Gasteiger partial charge in [0.05, 0.1) is 16.9 Å². The van der Waals surface area contributed by atoms with E-state index in [1.165, 1.54) is 19.4 Å². The lowest BCUT2D eigenvalue weighted by Gasteiger charge is -2.14. The third kappa shape index (κ3) is 8.07. The molecule has 0 aliphatic heterocycles. The molecule has 3 aromatic carbocycles. The van der Waals surface area contributed by atoms with Crippen LogP contribution in [0.5, 0.6) is 11.5 Å². The van der Waals surface area contributed by atoms with Crippen LogP contribution < -0.4 is 25.5 Å². The van der Waals surface area contributed by atoms with Gasteiger partial charge in [-0.2, -0.15) is 5.10 Å². The molecule has 0 atom stereocenters. The van der Waals surface area contributed by atoms with Crippen molar-refractivity contribution in [3.63, 3.8) is 0 Å². The van der Waals surface area contributed by atoms with Crippen molar-refractivity contribution in [2.24, 2.45) is 5.10 Å². The number of hydrogen-bond donors (Lipinski definition) is 3. The second-order valence-corrected chi connectivity index (χ2v) is 9.45. The number of carbonyl (C=O) groups is 3. The molecule has 0 saturated heterocycles. The van der Waals surface area contributed by atoms with Crippen LogP contribution in [-0.2, 0) is 14.4 Å². The fourth-order valence-corrected chi connectivity index (χ4v) is 4.14. The highest BCUT2D eigenvalue weighted by Crippen LogP contribution is 2.33. The van der Waals surface area contributed by atoms with Gasteiger partial charge < -0.3 is 20.1 Å². The molecule has 0 bridgehead atoms. The van der Waals surface area contributed by atoms with E-state index in [4.69, 9.17) is 32.7 Å². The van der Waals surface area contributed by atoms with Crippen LogP contribution >= 0.6 is 45.8 Å². The Hall–Kier alpha value is -3.35. The van der Waals surface area contributed by atoms with E-state index in [1.807, 2.05) is 22.6 Å². The van der Waals surface area contributed by atoms with Crippen molar-refractivity contribution >= 4 is 81.1 Å². The van der Waals surface area contributed by atoms with Crippen molar-refractivity contribution in [3.8, 4) is 11.5 Å². The van der Waals surface area contributed by atoms with Gasteiger partial charge in [0, 0.05) is 21.4 Å². The van der Waals surface area contributed by atoms with Gasteiger partial charge >= 0.3 is 11.8 Å². The number of halogens is 3. The molecule has 0 aliphatic carbocycles. The summed E-state index contributed by atoms with van der Waals surface area (Å²) in [5.74, 6) is -1.51. The predicted octanol–water partition coefficient (Wildman–Crippen LogP) is 5.02. The monoisotopic (exact) mass is 654 g/mol. The minimum absolute atomic E-state index is 0.260. The second kappa shape index (κ2) is 13.3. The third-order valence-electron chi connectivity index (χ3n) is 4.81. The number of methoxy groups -OCH3 is 1. The first kappa shape index (κ1) is 28.2. The summed E-state index contributed by atoms with van der Waals surface area (Å²) in [6, 6.07) is 14.9. The number of nitrogens with zero attached hydrogens (tertiary/aromatic N) is 1. The van der Waals surface area contributed by atoms with E-state index in [-0.39, 0.29) is 12.5 Å². The summed E-state index contributed by atoms with van der Waals surface area (Å²) in [4.78, 5) is 36.4. The summed E-state index contributed by atoms with van der Waals surface area (Å²) in [5, 5.41) is 9.97. The number of rotatable bonds is 8. The quantitative estimate of drug-likeness (QED) is 0.136. The first-order chi connectivity index (χ1) is 17.7. The lowest BCUT2D eigenvalue weighted by atomic mass is 10.2. The molecule has 9 nitrogen and oxygen atoms in total. The van der Waals surface area contributed by atoms with Crippen molar-refractivity contribution in [3.05, 3.63) is 79.3 Å². The topological polar surface area (TPSA) is 118 Å². The fourth-order valence-electron chi connectivity index (χ4n) is 2.99. The second-order valence-electron chi connectivity index (χ2n) is 7.45. The molecule has 3 amide bonds. The molecule has 0 aliphatic rings. The van der Waals surface area contributed by atoms with Gasteiger partial charge in [-0.05, 0) is 83.1 Å². The van der Waals surface area contributed by atoms with Crippen molar-refractivity contribution in [2.45, 2.75) is 6.92 Å². The highest BCUT2D eigenvalue weighted by atomic mass is 127. The zero-order valence-corrected chi connectivity index (χ0v) is 23.3. The number of nitrogens with one attached hydrogen (secondary N) is 3. The highest BCUT2D eigenvalue weighted by Gasteiger charge is 2.15. The summed E-state index contributed by atoms with van der Waals surface area (Å²) in [5.41, 5.74) is 4.44. The Balaban J connectivity index is 1.59. The summed E-state index contributed by atoms with van der Waals surface area (Å²) < 4.78 is 11.7. The minimum Gasteiger partial charge on any atom is -0.493 e. The molecule has 0 spiro atoms. The normalized spacial score (nSPS) is 10.6. The maximum atomic E-state index is 12.4. The van der Waals surface area contributed by atoms with Crippen LogP contribution in [0.3, 0.4) is 0 Å². The van der Waals surface area contributed by atoms with Gasteiger partial charge in [-0.1, -0.05) is 35.3 Å². The molecule has 37 heavy (non-hydrogen) atoms. The lowest BCUT2D eigenvalue weighted by molar-refractivity contribution is -0.136. The van der Waals surface area contributed by atoms with E-state index in [9.17, 15) is 14.4 Å². The van der Waals surface area contributed by atoms with Crippen molar-refractivity contribution in [1.29, 1.82) is 0 Å². The van der Waals surface area contributed by atoms with Crippen molar-refractivity contribution < 1.29 is 23.9 Å². The van der Waals surface area contributed by atoms with Crippen LogP contribution in [0.4, 0.5) is 11.4 Å². The molecule has 0 aromatic heterocycles. The van der Waals surface area contributed by atoms with Crippen LogP contribution in [0.25, 0.3) is 0 Å². The van der Waals surface area contributed by atoms with Crippen LogP contribution in [-0.4, -0.2) is 37.7 Å². The number of benzene rings is 3. The molecule has 0 heterocycles. The van der Waals surface area contributed by atoms with E-state index in [2.05, 4.69) is 21.2 Å². The first-order valence-electron chi connectivity index (χ1n) is 10.6. The zero-order valence-electron chi connectivity index (χ0n) is 19.6. The van der Waals surface area contributed by atoms with E-state index in [0.717, 1.165) is 5.56 Å². The van der Waals surface area contributed by atoms with Crippen LogP contribution in [0, 0.1) is 10.5 Å². The molecule has 3 rings (SSSR count). The Morgan fingerprint density at radius 1 is 1.03 bits per heavy atom. The number of ether oxygens (including phenoxy) is 2. The highest BCUT2D eigenvalue weighted by molar-refractivity contribution is 14.1. The largest absolute Gasteiger partial charge is 0.493 e. The average molecular weight is 655 g/mol. The predicted molar refractivity (Wildman–Crippen MR) is 152 cm³/mol. The number of hydrogen-bond acceptors (Lipinski definition) is 6. The maximum absolute atomic E-state index is 12.4. The summed E-state index contributed by atoms with van der Waals surface area (Å²) in [6.07, 6.45) is 1.34. The Morgan fingerprint density at radius 2 is 1.78 bits per heavy atom. The average Bonchev–Trinajstić information content (AvgIpc) is 2.85. The molecule has 0 fully saturated rings. The van der Waals surface area contributed by atoms with Gasteiger partial charge in [-0.15, -0.1) is 0 Å². The number of amides is 3. The molecular weight excluding hydrogens is 634 g/mol. The Morgan fingerprint density at radius 3 is 2.51 bits per heavy atom. The molecule has 12 heteroatoms. The summed E-state index contributed by atoms with van der Waals surface area (Å²) in [6.45, 7) is 1.54. The Labute approximate surface area is 236 Å². The number of hydrazone groups is 1. The van der Waals surface area contributed by atoms with Crippen molar-refractivity contribution in [2.75, 3.05) is 24.4 Å². The molecule has 0 unspecified atom stereocenters. The van der Waals surface area contributed by atoms with Gasteiger partial charge in [-0.3, -0.25) is 14.4 Å². The minimum atomic E-state index is -0.959. The fraction of sp³-hybridized carbons (Fsp3) is 0.120. The molecule has 3 aromatic rings. The van der Waals surface area contributed by atoms with Gasteiger partial charge in [0.2, 0.25) is 0 Å². The van der Waals surface area contributed by atoms with E-state index in [0.29, 0.717) is 42.1 Å². The van der Waals surface area contributed by atoms with E-state index < -0.39 is 11.8 Å². The van der Waals surface area contributed by atoms with E-state index in [1.54, 1.807) is 55.5 Å². The molecule has 0 saturated carbocycles. The number of carbonyl (C=O) groups excluding carboxylic acids is 3. The third-order valence-corrected chi connectivity index (χ3v) is 6.26. The van der Waals surface area contributed by atoms with Crippen LogP contribution in [0.2, 0.25) is 10.0 Å². The lowest BCUT2D eigenvalue weighted by Crippen LogP contribution is -2.32. The van der Waals surface area contributed by atoms with E-state index >= 15 is 0 Å². The molecular formula is C25H21Cl2IN4O5. The maximum Gasteiger partial charge on any atom is 0.329 e. The number of anilines is 2. The molecule has 192 valence electrons. The van der Waals surface area contributed by atoms with Crippen molar-refractivity contribution in [1.82, 2.24) is 5.43 Å². The zero-order chi connectivity index (χ0) is 26.9. The molecule has 3 N–H and O–H groups in total. The standard InChI is InChI=1S/C25H21Cl2IN4O5/c1-14-18(27)7-4-8-20(14)31-22(33)13-37-23-19(28)9-15(10-21(23)36-2)12-29-32-25(35)24(34)30-17-6-3-5-16(26)11-17/h3-12H,13H2,1-2H3,(H,30,34)(H,31,33)(H,32,35)/b29-12-. The Kier molecular flexibility index (Phi) is 10.1. The Bertz CT molecular complexity index is 1370. The molecule has 0 radical (unpaired) electrons. The first-order valence-corrected chi connectivity index (χ1v) is 12.5. The smallest absolute Gasteiger partial charge is 0.329 e. The van der Waals surface area contributed by atoms with Crippen LogP contribution in [0.1, 0.15) is 11.1 Å². The van der Waals surface area contributed by atoms with Gasteiger partial charge in [0.1, 0.15) is 0 Å². The SMILES string of the molecule is COc1cc(/C=N\NC(=O)C(=O)Nc2cccc(Cl)c2)cc(I)c1OCC(=O)Nc1cccc(Cl)c1C. The van der Waals surface area contributed by atoms with Crippen LogP contribution in [0.15, 0.2) is 59.7 Å². The summed E-state index contributed by atoms with van der Waals surface area (Å²) in [7, 11) is 1.45.